The van der Waals surface area contributed by atoms with E-state index in [9.17, 15) is 21.6 Å². The minimum absolute atomic E-state index is 0.0176. The SMILES string of the molecule is C=CCN(C(=O)CCNS(=O)(=O)c1ccc2c(c1)OCCCO2)C1CCS(=O)(=O)C1. The standard InChI is InChI=1S/C19H26N2O7S2/c1-2-9-21(15-7-12-29(23,24)14-15)19(22)6-8-20-30(25,26)16-4-5-17-18(13-16)28-11-3-10-27-17/h2,4-5,13,15,20H,1,3,6-12,14H2. The molecule has 1 N–H and O–H groups in total. The van der Waals surface area contributed by atoms with Crippen LogP contribution in [0, 0.1) is 0 Å². The van der Waals surface area contributed by atoms with Crippen molar-refractivity contribution >= 4 is 25.8 Å². The minimum atomic E-state index is -3.85. The molecule has 1 amide bonds. The predicted molar refractivity (Wildman–Crippen MR) is 111 cm³/mol. The number of sulfone groups is 1. The predicted octanol–water partition coefficient (Wildman–Crippen LogP) is 0.718. The van der Waals surface area contributed by atoms with Gasteiger partial charge in [-0.2, -0.15) is 0 Å². The molecule has 166 valence electrons. The Morgan fingerprint density at radius 3 is 2.67 bits per heavy atom. The van der Waals surface area contributed by atoms with Crippen LogP contribution in [-0.4, -0.2) is 71.5 Å². The molecular formula is C19H26N2O7S2. The van der Waals surface area contributed by atoms with Gasteiger partial charge in [0.2, 0.25) is 15.9 Å². The van der Waals surface area contributed by atoms with Crippen molar-refractivity contribution in [1.82, 2.24) is 9.62 Å². The minimum Gasteiger partial charge on any atom is -0.490 e. The molecule has 2 aliphatic rings. The van der Waals surface area contributed by atoms with Gasteiger partial charge in [0.05, 0.1) is 29.6 Å². The van der Waals surface area contributed by atoms with Gasteiger partial charge >= 0.3 is 0 Å². The van der Waals surface area contributed by atoms with E-state index in [1.165, 1.54) is 23.1 Å². The molecule has 1 aromatic carbocycles. The number of rotatable bonds is 8. The number of amides is 1. The van der Waals surface area contributed by atoms with E-state index in [4.69, 9.17) is 9.47 Å². The van der Waals surface area contributed by atoms with Crippen LogP contribution in [0.5, 0.6) is 11.5 Å². The lowest BCUT2D eigenvalue weighted by Crippen LogP contribution is -2.42. The first-order chi connectivity index (χ1) is 14.2. The van der Waals surface area contributed by atoms with Crippen molar-refractivity contribution in [2.45, 2.75) is 30.2 Å². The topological polar surface area (TPSA) is 119 Å². The molecule has 0 bridgehead atoms. The van der Waals surface area contributed by atoms with Gasteiger partial charge < -0.3 is 14.4 Å². The molecule has 0 aliphatic carbocycles. The first kappa shape index (κ1) is 22.6. The molecule has 11 heteroatoms. The summed E-state index contributed by atoms with van der Waals surface area (Å²) in [6.07, 6.45) is 2.53. The van der Waals surface area contributed by atoms with E-state index in [1.54, 1.807) is 6.07 Å². The number of benzene rings is 1. The number of carbonyl (C=O) groups excluding carboxylic acids is 1. The molecule has 1 unspecified atom stereocenters. The summed E-state index contributed by atoms with van der Waals surface area (Å²) in [5.41, 5.74) is 0. The Morgan fingerprint density at radius 1 is 1.27 bits per heavy atom. The number of carbonyl (C=O) groups is 1. The number of fused-ring (bicyclic) bond motifs is 1. The molecular weight excluding hydrogens is 432 g/mol. The summed E-state index contributed by atoms with van der Waals surface area (Å²) in [4.78, 5) is 14.1. The third-order valence-electron chi connectivity index (χ3n) is 4.96. The van der Waals surface area contributed by atoms with Crippen molar-refractivity contribution in [2.75, 3.05) is 37.8 Å². The van der Waals surface area contributed by atoms with Gasteiger partial charge in [0.1, 0.15) is 0 Å². The highest BCUT2D eigenvalue weighted by Crippen LogP contribution is 2.31. The monoisotopic (exact) mass is 458 g/mol. The molecule has 1 aromatic rings. The van der Waals surface area contributed by atoms with E-state index in [0.717, 1.165) is 0 Å². The van der Waals surface area contributed by atoms with Gasteiger partial charge in [-0.1, -0.05) is 6.08 Å². The first-order valence-electron chi connectivity index (χ1n) is 9.72. The Balaban J connectivity index is 1.61. The fourth-order valence-electron chi connectivity index (χ4n) is 3.44. The lowest BCUT2D eigenvalue weighted by Gasteiger charge is -2.27. The van der Waals surface area contributed by atoms with Crippen LogP contribution in [-0.2, 0) is 24.7 Å². The maximum Gasteiger partial charge on any atom is 0.240 e. The smallest absolute Gasteiger partial charge is 0.240 e. The van der Waals surface area contributed by atoms with Gasteiger partial charge in [0.25, 0.3) is 0 Å². The van der Waals surface area contributed by atoms with Crippen LogP contribution >= 0.6 is 0 Å². The van der Waals surface area contributed by atoms with Crippen LogP contribution in [0.2, 0.25) is 0 Å². The lowest BCUT2D eigenvalue weighted by molar-refractivity contribution is -0.132. The van der Waals surface area contributed by atoms with Crippen molar-refractivity contribution < 1.29 is 31.1 Å². The normalized spacial score (nSPS) is 20.3. The summed E-state index contributed by atoms with van der Waals surface area (Å²) in [6.45, 7) is 4.66. The number of nitrogens with one attached hydrogen (secondary N) is 1. The second-order valence-electron chi connectivity index (χ2n) is 7.20. The summed E-state index contributed by atoms with van der Waals surface area (Å²) in [5.74, 6) is 0.516. The summed E-state index contributed by atoms with van der Waals surface area (Å²) < 4.78 is 62.1. The maximum atomic E-state index is 12.6. The van der Waals surface area contributed by atoms with Gasteiger partial charge in [0, 0.05) is 38.0 Å². The fourth-order valence-corrected chi connectivity index (χ4v) is 6.22. The Kier molecular flexibility index (Phi) is 7.04. The Morgan fingerprint density at radius 2 is 2.00 bits per heavy atom. The summed E-state index contributed by atoms with van der Waals surface area (Å²) in [6, 6.07) is 3.97. The van der Waals surface area contributed by atoms with Gasteiger partial charge in [-0.05, 0) is 18.6 Å². The van der Waals surface area contributed by atoms with Gasteiger partial charge in [-0.25, -0.2) is 21.6 Å². The molecule has 0 aromatic heterocycles. The Bertz CT molecular complexity index is 1010. The van der Waals surface area contributed by atoms with E-state index in [2.05, 4.69) is 11.3 Å². The summed E-state index contributed by atoms with van der Waals surface area (Å²) >= 11 is 0. The second-order valence-corrected chi connectivity index (χ2v) is 11.2. The highest BCUT2D eigenvalue weighted by molar-refractivity contribution is 7.91. The van der Waals surface area contributed by atoms with Crippen LogP contribution in [0.25, 0.3) is 0 Å². The molecule has 9 nitrogen and oxygen atoms in total. The number of ether oxygens (including phenoxy) is 2. The van der Waals surface area contributed by atoms with Crippen molar-refractivity contribution in [3.05, 3.63) is 30.9 Å². The molecule has 0 spiro atoms. The zero-order chi connectivity index (χ0) is 21.8. The highest BCUT2D eigenvalue weighted by atomic mass is 32.2. The molecule has 1 atom stereocenters. The molecule has 30 heavy (non-hydrogen) atoms. The largest absolute Gasteiger partial charge is 0.490 e. The van der Waals surface area contributed by atoms with Crippen LogP contribution in [0.15, 0.2) is 35.7 Å². The molecule has 0 saturated carbocycles. The zero-order valence-electron chi connectivity index (χ0n) is 16.6. The van der Waals surface area contributed by atoms with Gasteiger partial charge in [-0.15, -0.1) is 6.58 Å². The molecule has 2 aliphatic heterocycles. The third kappa shape index (κ3) is 5.52. The van der Waals surface area contributed by atoms with Gasteiger partial charge in [-0.3, -0.25) is 4.79 Å². The van der Waals surface area contributed by atoms with E-state index in [-0.39, 0.29) is 41.8 Å². The first-order valence-corrected chi connectivity index (χ1v) is 13.0. The highest BCUT2D eigenvalue weighted by Gasteiger charge is 2.34. The third-order valence-corrected chi connectivity index (χ3v) is 8.16. The molecule has 1 fully saturated rings. The van der Waals surface area contributed by atoms with Crippen molar-refractivity contribution in [1.29, 1.82) is 0 Å². The number of nitrogens with zero attached hydrogens (tertiary/aromatic N) is 1. The second kappa shape index (κ2) is 9.36. The molecule has 3 rings (SSSR count). The Labute approximate surface area is 177 Å². The molecule has 1 saturated heterocycles. The van der Waals surface area contributed by atoms with Crippen molar-refractivity contribution in [3.8, 4) is 11.5 Å². The van der Waals surface area contributed by atoms with E-state index in [1.807, 2.05) is 0 Å². The van der Waals surface area contributed by atoms with Crippen LogP contribution in [0.3, 0.4) is 0 Å². The maximum absolute atomic E-state index is 12.6. The Hall–Kier alpha value is -2.11. The zero-order valence-corrected chi connectivity index (χ0v) is 18.2. The number of sulfonamides is 1. The van der Waals surface area contributed by atoms with Crippen LogP contribution in [0.4, 0.5) is 0 Å². The molecule has 0 radical (unpaired) electrons. The van der Waals surface area contributed by atoms with Crippen molar-refractivity contribution in [3.63, 3.8) is 0 Å². The average molecular weight is 459 g/mol. The summed E-state index contributed by atoms with van der Waals surface area (Å²) in [5, 5.41) is 0. The van der Waals surface area contributed by atoms with Gasteiger partial charge in [0.15, 0.2) is 21.3 Å². The van der Waals surface area contributed by atoms with E-state index < -0.39 is 25.9 Å². The van der Waals surface area contributed by atoms with E-state index >= 15 is 0 Å². The van der Waals surface area contributed by atoms with E-state index in [0.29, 0.717) is 37.6 Å². The van der Waals surface area contributed by atoms with Crippen LogP contribution < -0.4 is 14.2 Å². The molecule has 2 heterocycles. The number of hydrogen-bond acceptors (Lipinski definition) is 7. The lowest BCUT2D eigenvalue weighted by atomic mass is 10.2. The van der Waals surface area contributed by atoms with Crippen LogP contribution in [0.1, 0.15) is 19.3 Å². The fraction of sp³-hybridized carbons (Fsp3) is 0.526. The summed E-state index contributed by atoms with van der Waals surface area (Å²) in [7, 11) is -6.99. The average Bonchev–Trinajstić information content (AvgIpc) is 2.90. The quantitative estimate of drug-likeness (QED) is 0.570. The number of hydrogen-bond donors (Lipinski definition) is 1. The van der Waals surface area contributed by atoms with Crippen molar-refractivity contribution in [2.24, 2.45) is 0 Å².